The number of thioether (sulfide) groups is 1. The summed E-state index contributed by atoms with van der Waals surface area (Å²) >= 11 is 0.996. The molecular weight excluding hydrogens is 1120 g/mol. The molecule has 1 aliphatic rings. The fraction of sp³-hybridized carbons (Fsp3) is 0.843. The molecule has 0 bridgehead atoms. The second-order valence-electron chi connectivity index (χ2n) is 21.3. The molecule has 2 aromatic heterocycles. The summed E-state index contributed by atoms with van der Waals surface area (Å²) in [4.78, 5) is 97.3. The van der Waals surface area contributed by atoms with Crippen LogP contribution < -0.4 is 35.9 Å². The van der Waals surface area contributed by atoms with Gasteiger partial charge in [-0.2, -0.15) is 0 Å². The van der Waals surface area contributed by atoms with Crippen LogP contribution in [0.25, 0.3) is 11.2 Å². The Bertz CT molecular complexity index is 2250. The van der Waals surface area contributed by atoms with Crippen LogP contribution in [0, 0.1) is 5.41 Å². The second-order valence-corrected chi connectivity index (χ2v) is 26.6. The minimum absolute atomic E-state index is 0.0182. The summed E-state index contributed by atoms with van der Waals surface area (Å²) in [6.07, 6.45) is 25.2. The average molecular weight is 1210 g/mol. The zero-order chi connectivity index (χ0) is 59.0. The number of ether oxygens (including phenoxy) is 1. The number of nitrogens with one attached hydrogen (secondary N) is 2. The molecule has 1 aliphatic heterocycles. The zero-order valence-electron chi connectivity index (χ0n) is 47.0. The Balaban J connectivity index is 1.18. The summed E-state index contributed by atoms with van der Waals surface area (Å²) in [6.45, 7) is 2.29. The van der Waals surface area contributed by atoms with Crippen LogP contribution in [-0.2, 0) is 50.7 Å². The molecule has 8 atom stereocenters. The zero-order valence-corrected chi connectivity index (χ0v) is 50.5. The summed E-state index contributed by atoms with van der Waals surface area (Å²) in [5, 5.41) is 36.6. The topological polar surface area (TPSA) is 395 Å². The van der Waals surface area contributed by atoms with Gasteiger partial charge < -0.3 is 74.1 Å². The normalized spacial score (nSPS) is 19.2. The average Bonchev–Trinajstić information content (AvgIpc) is 3.95. The number of unbranched alkanes of at least 4 members (excludes halogenated alkanes) is 24. The highest BCUT2D eigenvalue weighted by molar-refractivity contribution is 8.13. The highest BCUT2D eigenvalue weighted by atomic mass is 32.2. The molecule has 0 spiro atoms. The first-order chi connectivity index (χ1) is 37.9. The Hall–Kier alpha value is -2.48. The number of aliphatic hydroxyl groups excluding tert-OH is 3. The van der Waals surface area contributed by atoms with Gasteiger partial charge in [0.05, 0.1) is 33.5 Å². The molecule has 3 heterocycles. The van der Waals surface area contributed by atoms with E-state index in [1.165, 1.54) is 155 Å². The molecule has 2 amide bonds. The van der Waals surface area contributed by atoms with Gasteiger partial charge in [0.2, 0.25) is 11.8 Å². The summed E-state index contributed by atoms with van der Waals surface area (Å²) in [7, 11) is -17.7. The summed E-state index contributed by atoms with van der Waals surface area (Å²) in [5.41, 5.74) is 4.07. The third-order valence-corrected chi connectivity index (χ3v) is 17.7. The van der Waals surface area contributed by atoms with Gasteiger partial charge in [0.15, 0.2) is 22.8 Å². The van der Waals surface area contributed by atoms with Crippen molar-refractivity contribution in [1.82, 2.24) is 30.2 Å². The molecular formula is C51H90N7O18P3S-4. The van der Waals surface area contributed by atoms with Crippen LogP contribution in [0.4, 0.5) is 5.82 Å². The minimum Gasteiger partial charge on any atom is -0.790 e. The summed E-state index contributed by atoms with van der Waals surface area (Å²) in [5.74, 6) is -1.32. The van der Waals surface area contributed by atoms with E-state index >= 15 is 0 Å². The number of nitrogens with zero attached hydrogens (tertiary/aromatic N) is 4. The van der Waals surface area contributed by atoms with Crippen molar-refractivity contribution in [3.8, 4) is 0 Å². The van der Waals surface area contributed by atoms with Gasteiger partial charge in [-0.3, -0.25) is 28.1 Å². The van der Waals surface area contributed by atoms with E-state index in [2.05, 4.69) is 50.4 Å². The van der Waals surface area contributed by atoms with E-state index in [1.807, 2.05) is 0 Å². The number of carbonyl (C=O) groups is 3. The van der Waals surface area contributed by atoms with E-state index in [9.17, 15) is 63.0 Å². The maximum absolute atomic E-state index is 12.7. The van der Waals surface area contributed by atoms with Crippen molar-refractivity contribution in [2.75, 3.05) is 37.8 Å². The van der Waals surface area contributed by atoms with Crippen molar-refractivity contribution in [1.29, 1.82) is 0 Å². The predicted molar refractivity (Wildman–Crippen MR) is 295 cm³/mol. The quantitative estimate of drug-likeness (QED) is 0.0324. The predicted octanol–water partition coefficient (Wildman–Crippen LogP) is 6.05. The molecule has 3 rings (SSSR count). The Labute approximate surface area is 476 Å². The number of nitrogen functional groups attached to an aromatic ring is 1. The first-order valence-corrected chi connectivity index (χ1v) is 34.0. The van der Waals surface area contributed by atoms with Gasteiger partial charge in [-0.15, -0.1) is 0 Å². The van der Waals surface area contributed by atoms with Crippen LogP contribution in [0.1, 0.15) is 207 Å². The number of nitrogens with two attached hydrogens (primary N) is 1. The lowest BCUT2D eigenvalue weighted by molar-refractivity contribution is -0.347. The first-order valence-electron chi connectivity index (χ1n) is 28.6. The number of aromatic nitrogens is 4. The van der Waals surface area contributed by atoms with E-state index in [0.29, 0.717) is 6.42 Å². The summed E-state index contributed by atoms with van der Waals surface area (Å²) < 4.78 is 61.0. The maximum Gasteiger partial charge on any atom is 0.274 e. The fourth-order valence-electron chi connectivity index (χ4n) is 9.14. The Morgan fingerprint density at radius 1 is 0.762 bits per heavy atom. The Kier molecular flexibility index (Phi) is 34.5. The number of rotatable bonds is 47. The third-order valence-electron chi connectivity index (χ3n) is 13.8. The van der Waals surface area contributed by atoms with Crippen LogP contribution in [-0.4, -0.2) is 114 Å². The highest BCUT2D eigenvalue weighted by Gasteiger charge is 2.47. The van der Waals surface area contributed by atoms with Gasteiger partial charge in [0.25, 0.3) is 15.6 Å². The molecule has 2 unspecified atom stereocenters. The number of anilines is 1. The molecule has 0 radical (unpaired) electrons. The molecule has 2 aromatic rings. The number of imidazole rings is 1. The number of fused-ring (bicyclic) bond motifs is 1. The molecule has 1 saturated heterocycles. The number of phosphoric ester groups is 3. The first kappa shape index (κ1) is 71.8. The van der Waals surface area contributed by atoms with E-state index in [0.717, 1.165) is 48.2 Å². The van der Waals surface area contributed by atoms with Gasteiger partial charge in [-0.25, -0.2) is 19.3 Å². The van der Waals surface area contributed by atoms with Gasteiger partial charge in [0, 0.05) is 37.1 Å². The molecule has 25 nitrogen and oxygen atoms in total. The monoisotopic (exact) mass is 1210 g/mol. The summed E-state index contributed by atoms with van der Waals surface area (Å²) in [6, 6.07) is 0. The van der Waals surface area contributed by atoms with Crippen molar-refractivity contribution in [3.63, 3.8) is 0 Å². The van der Waals surface area contributed by atoms with E-state index < -0.39 is 90.7 Å². The molecule has 462 valence electrons. The van der Waals surface area contributed by atoms with Crippen LogP contribution in [0.3, 0.4) is 0 Å². The van der Waals surface area contributed by atoms with Crippen molar-refractivity contribution in [3.05, 3.63) is 12.7 Å². The molecule has 7 N–H and O–H groups in total. The smallest absolute Gasteiger partial charge is 0.274 e. The molecule has 80 heavy (non-hydrogen) atoms. The molecule has 29 heteroatoms. The molecule has 0 aliphatic carbocycles. The maximum atomic E-state index is 12.7. The fourth-order valence-corrected chi connectivity index (χ4v) is 12.6. The number of phosphoric acid groups is 3. The molecule has 0 aromatic carbocycles. The Morgan fingerprint density at radius 3 is 1.80 bits per heavy atom. The van der Waals surface area contributed by atoms with E-state index in [1.54, 1.807) is 0 Å². The van der Waals surface area contributed by atoms with Crippen molar-refractivity contribution < 1.29 is 85.6 Å². The van der Waals surface area contributed by atoms with Crippen LogP contribution in [0.2, 0.25) is 0 Å². The van der Waals surface area contributed by atoms with Crippen LogP contribution in [0.15, 0.2) is 12.7 Å². The lowest BCUT2D eigenvalue weighted by Gasteiger charge is -2.36. The van der Waals surface area contributed by atoms with Gasteiger partial charge in [-0.05, 0) is 6.42 Å². The van der Waals surface area contributed by atoms with Gasteiger partial charge >= 0.3 is 0 Å². The SMILES string of the molecule is CCCCCCCCCCCCCCCCCCCCCCCCCCC[C@@H](O)CC(=O)SCCNC(=O)CCNC(=O)[C@H](O)C(C)(C)COP(=O)([O-])OP(=O)([O-])OC[C@H]1O[C@@H](n2cnc3c(N)ncnc32)[C@H](O)[C@@H]1OP(=O)([O-])[O-]. The molecule has 1 fully saturated rings. The highest BCUT2D eigenvalue weighted by Crippen LogP contribution is 2.56. The lowest BCUT2D eigenvalue weighted by Crippen LogP contribution is -2.46. The molecule has 0 saturated carbocycles. The van der Waals surface area contributed by atoms with Crippen LogP contribution >= 0.6 is 35.2 Å². The standard InChI is InChI=1S/C51H94N7O18P3S/c1-4-5-6-7-8-9-10-11-12-13-14-15-16-17-18-19-20-21-22-23-24-25-26-27-28-29-39(59)34-42(61)80-33-32-53-41(60)30-31-54-49(64)46(63)51(2,3)36-73-79(70,71)76-78(68,69)72-35-40-45(75-77(65,66)67)44(62)50(74-40)58-38-57-43-47(52)55-37-56-48(43)58/h37-40,44-46,50,59,62-63H,4-36H2,1-3H3,(H,53,60)(H,54,64)(H,68,69)(H,70,71)(H2,52,55,56)(H2,65,66,67)/p-4/t39-,40-,44-,45-,46+,50-/m1/s1. The van der Waals surface area contributed by atoms with Crippen molar-refractivity contribution in [2.45, 2.75) is 237 Å². The van der Waals surface area contributed by atoms with E-state index in [-0.39, 0.29) is 53.8 Å². The number of amides is 2. The van der Waals surface area contributed by atoms with Crippen molar-refractivity contribution in [2.24, 2.45) is 5.41 Å². The van der Waals surface area contributed by atoms with Crippen LogP contribution in [0.5, 0.6) is 0 Å². The second kappa shape index (κ2) is 38.5. The minimum atomic E-state index is -5.93. The lowest BCUT2D eigenvalue weighted by atomic mass is 9.87. The number of aliphatic hydroxyl groups is 3. The number of carbonyl (C=O) groups excluding carboxylic acids is 3. The largest absolute Gasteiger partial charge is 0.790 e. The van der Waals surface area contributed by atoms with Gasteiger partial charge in [0.1, 0.15) is 36.3 Å². The van der Waals surface area contributed by atoms with Crippen molar-refractivity contribution >= 4 is 69.1 Å². The Morgan fingerprint density at radius 2 is 1.27 bits per heavy atom. The van der Waals surface area contributed by atoms with Gasteiger partial charge in [-0.1, -0.05) is 193 Å². The number of hydrogen-bond donors (Lipinski definition) is 6. The third kappa shape index (κ3) is 29.9. The number of hydrogen-bond acceptors (Lipinski definition) is 23. The van der Waals surface area contributed by atoms with E-state index in [4.69, 9.17) is 10.5 Å².